The Kier molecular flexibility index (Phi) is 5.57. The molecule has 0 spiro atoms. The van der Waals surface area contributed by atoms with Gasteiger partial charge in [-0.15, -0.1) is 0 Å². The molecule has 0 aliphatic heterocycles. The van der Waals surface area contributed by atoms with Gasteiger partial charge in [-0.2, -0.15) is 0 Å². The van der Waals surface area contributed by atoms with Crippen molar-refractivity contribution >= 4 is 11.9 Å². The number of aromatic nitrogens is 1. The van der Waals surface area contributed by atoms with Crippen LogP contribution < -0.4 is 0 Å². The average molecular weight is 315 g/mol. The molecule has 5 heteroatoms. The normalized spacial score (nSPS) is 10.5. The van der Waals surface area contributed by atoms with Crippen LogP contribution in [0.5, 0.6) is 0 Å². The number of aliphatic carboxylic acids is 1. The molecule has 0 bridgehead atoms. The summed E-state index contributed by atoms with van der Waals surface area (Å²) in [7, 11) is 0. The lowest BCUT2D eigenvalue weighted by atomic mass is 10.1. The molecule has 0 aliphatic rings. The molecular formula is C18H21NO4. The van der Waals surface area contributed by atoms with Gasteiger partial charge >= 0.3 is 11.9 Å². The molecular weight excluding hydrogens is 294 g/mol. The molecule has 0 aliphatic carbocycles. The summed E-state index contributed by atoms with van der Waals surface area (Å²) in [6.45, 7) is 4.18. The monoisotopic (exact) mass is 315 g/mol. The van der Waals surface area contributed by atoms with Crippen molar-refractivity contribution < 1.29 is 19.4 Å². The Hall–Kier alpha value is -2.56. The quantitative estimate of drug-likeness (QED) is 0.797. The zero-order valence-electron chi connectivity index (χ0n) is 13.4. The standard InChI is InChI=1S/C18H21NO4/c1-3-23-18(22)12-19-15(9-11-17(20)21)8-10-16(19)14-6-4-13(2)5-7-14/h4-8,10H,3,9,11-12H2,1-2H3,(H,20,21). The number of aryl methyl sites for hydroxylation is 2. The second-order valence-corrected chi connectivity index (χ2v) is 5.36. The summed E-state index contributed by atoms with van der Waals surface area (Å²) in [6.07, 6.45) is 0.404. The van der Waals surface area contributed by atoms with Crippen molar-refractivity contribution in [2.45, 2.75) is 33.2 Å². The Balaban J connectivity index is 2.34. The topological polar surface area (TPSA) is 68.5 Å². The number of nitrogens with zero attached hydrogens (tertiary/aromatic N) is 1. The van der Waals surface area contributed by atoms with Crippen molar-refractivity contribution in [1.29, 1.82) is 0 Å². The molecule has 0 unspecified atom stereocenters. The second-order valence-electron chi connectivity index (χ2n) is 5.36. The SMILES string of the molecule is CCOC(=O)Cn1c(CCC(=O)O)ccc1-c1ccc(C)cc1. The van der Waals surface area contributed by atoms with Crippen molar-refractivity contribution in [3.63, 3.8) is 0 Å². The van der Waals surface area contributed by atoms with Gasteiger partial charge in [-0.1, -0.05) is 29.8 Å². The average Bonchev–Trinajstić information content (AvgIpc) is 2.89. The van der Waals surface area contributed by atoms with Crippen LogP contribution in [-0.4, -0.2) is 28.2 Å². The summed E-state index contributed by atoms with van der Waals surface area (Å²) < 4.78 is 6.87. The molecule has 5 nitrogen and oxygen atoms in total. The highest BCUT2D eigenvalue weighted by molar-refractivity contribution is 5.72. The molecule has 122 valence electrons. The molecule has 0 saturated heterocycles. The van der Waals surface area contributed by atoms with Gasteiger partial charge in [0.15, 0.2) is 0 Å². The van der Waals surface area contributed by atoms with Crippen LogP contribution in [0, 0.1) is 6.92 Å². The van der Waals surface area contributed by atoms with Crippen LogP contribution in [0.25, 0.3) is 11.3 Å². The number of carboxylic acids is 1. The highest BCUT2D eigenvalue weighted by Gasteiger charge is 2.14. The Labute approximate surface area is 135 Å². The highest BCUT2D eigenvalue weighted by atomic mass is 16.5. The third kappa shape index (κ3) is 4.45. The van der Waals surface area contributed by atoms with Crippen LogP contribution in [0.4, 0.5) is 0 Å². The number of hydrogen-bond donors (Lipinski definition) is 1. The maximum atomic E-state index is 11.9. The van der Waals surface area contributed by atoms with Gasteiger partial charge in [0.25, 0.3) is 0 Å². The third-order valence-corrected chi connectivity index (χ3v) is 3.61. The second kappa shape index (κ2) is 7.63. The van der Waals surface area contributed by atoms with Crippen LogP contribution >= 0.6 is 0 Å². The van der Waals surface area contributed by atoms with Crippen molar-refractivity contribution in [3.05, 3.63) is 47.7 Å². The lowest BCUT2D eigenvalue weighted by Gasteiger charge is -2.13. The lowest BCUT2D eigenvalue weighted by molar-refractivity contribution is -0.143. The summed E-state index contributed by atoms with van der Waals surface area (Å²) in [5, 5.41) is 8.89. The first kappa shape index (κ1) is 16.8. The number of benzene rings is 1. The van der Waals surface area contributed by atoms with Crippen LogP contribution in [-0.2, 0) is 27.3 Å². The zero-order valence-corrected chi connectivity index (χ0v) is 13.4. The van der Waals surface area contributed by atoms with E-state index in [1.807, 2.05) is 47.9 Å². The van der Waals surface area contributed by atoms with Crippen LogP contribution in [0.15, 0.2) is 36.4 Å². The zero-order chi connectivity index (χ0) is 16.8. The smallest absolute Gasteiger partial charge is 0.325 e. The number of ether oxygens (including phenoxy) is 1. The molecule has 1 heterocycles. The van der Waals surface area contributed by atoms with Gasteiger partial charge in [-0.05, 0) is 38.0 Å². The maximum Gasteiger partial charge on any atom is 0.325 e. The van der Waals surface area contributed by atoms with Crippen molar-refractivity contribution in [3.8, 4) is 11.3 Å². The summed E-state index contributed by atoms with van der Waals surface area (Å²) in [4.78, 5) is 22.7. The van der Waals surface area contributed by atoms with E-state index in [2.05, 4.69) is 0 Å². The Morgan fingerprint density at radius 2 is 1.83 bits per heavy atom. The number of rotatable bonds is 7. The summed E-state index contributed by atoms with van der Waals surface area (Å²) >= 11 is 0. The molecule has 0 atom stereocenters. The minimum atomic E-state index is -0.856. The molecule has 0 fully saturated rings. The number of carboxylic acid groups (broad SMARTS) is 1. The van der Waals surface area contributed by atoms with E-state index in [1.54, 1.807) is 6.92 Å². The van der Waals surface area contributed by atoms with Crippen LogP contribution in [0.1, 0.15) is 24.6 Å². The number of hydrogen-bond acceptors (Lipinski definition) is 3. The fraction of sp³-hybridized carbons (Fsp3) is 0.333. The number of carbonyl (C=O) groups excluding carboxylic acids is 1. The summed E-state index contributed by atoms with van der Waals surface area (Å²) in [6, 6.07) is 11.8. The van der Waals surface area contributed by atoms with Crippen molar-refractivity contribution in [1.82, 2.24) is 4.57 Å². The van der Waals surface area contributed by atoms with Gasteiger partial charge in [0.2, 0.25) is 0 Å². The van der Waals surface area contributed by atoms with Crippen LogP contribution in [0.3, 0.4) is 0 Å². The Morgan fingerprint density at radius 1 is 1.13 bits per heavy atom. The summed E-state index contributed by atoms with van der Waals surface area (Å²) in [5.74, 6) is -1.18. The summed E-state index contributed by atoms with van der Waals surface area (Å²) in [5.41, 5.74) is 3.85. The fourth-order valence-corrected chi connectivity index (χ4v) is 2.46. The predicted octanol–water partition coefficient (Wildman–Crippen LogP) is 3.04. The van der Waals surface area contributed by atoms with E-state index in [0.29, 0.717) is 13.0 Å². The first-order valence-electron chi connectivity index (χ1n) is 7.64. The van der Waals surface area contributed by atoms with E-state index in [4.69, 9.17) is 9.84 Å². The van der Waals surface area contributed by atoms with Crippen molar-refractivity contribution in [2.24, 2.45) is 0 Å². The van der Waals surface area contributed by atoms with E-state index >= 15 is 0 Å². The Bertz CT molecular complexity index is 686. The number of esters is 1. The molecule has 1 aromatic carbocycles. The van der Waals surface area contributed by atoms with Crippen LogP contribution in [0.2, 0.25) is 0 Å². The number of carbonyl (C=O) groups is 2. The van der Waals surface area contributed by atoms with E-state index in [0.717, 1.165) is 22.5 Å². The first-order chi connectivity index (χ1) is 11.0. The first-order valence-corrected chi connectivity index (χ1v) is 7.64. The Morgan fingerprint density at radius 3 is 2.43 bits per heavy atom. The largest absolute Gasteiger partial charge is 0.481 e. The van der Waals surface area contributed by atoms with Gasteiger partial charge < -0.3 is 14.4 Å². The highest BCUT2D eigenvalue weighted by Crippen LogP contribution is 2.24. The fourth-order valence-electron chi connectivity index (χ4n) is 2.46. The van der Waals surface area contributed by atoms with Gasteiger partial charge in [0.05, 0.1) is 13.0 Å². The van der Waals surface area contributed by atoms with Gasteiger partial charge in [-0.25, -0.2) is 0 Å². The minimum Gasteiger partial charge on any atom is -0.481 e. The molecule has 23 heavy (non-hydrogen) atoms. The minimum absolute atomic E-state index is 0.0280. The maximum absolute atomic E-state index is 11.9. The van der Waals surface area contributed by atoms with Gasteiger partial charge in [0, 0.05) is 11.4 Å². The van der Waals surface area contributed by atoms with E-state index in [9.17, 15) is 9.59 Å². The molecule has 2 aromatic rings. The molecule has 0 amide bonds. The van der Waals surface area contributed by atoms with E-state index in [-0.39, 0.29) is 18.9 Å². The molecule has 1 aromatic heterocycles. The molecule has 0 saturated carbocycles. The molecule has 1 N–H and O–H groups in total. The van der Waals surface area contributed by atoms with E-state index in [1.165, 1.54) is 0 Å². The van der Waals surface area contributed by atoms with Gasteiger partial charge in [-0.3, -0.25) is 9.59 Å². The van der Waals surface area contributed by atoms with E-state index < -0.39 is 5.97 Å². The van der Waals surface area contributed by atoms with Crippen molar-refractivity contribution in [2.75, 3.05) is 6.61 Å². The molecule has 2 rings (SSSR count). The molecule has 0 radical (unpaired) electrons. The predicted molar refractivity (Wildman–Crippen MR) is 87.2 cm³/mol. The van der Waals surface area contributed by atoms with Gasteiger partial charge in [0.1, 0.15) is 6.54 Å². The lowest BCUT2D eigenvalue weighted by Crippen LogP contribution is -2.16. The third-order valence-electron chi connectivity index (χ3n) is 3.61.